The Morgan fingerprint density at radius 1 is 0.828 bits per heavy atom. The molecular formula is C21H16ClN7. The average Bonchev–Trinajstić information content (AvgIpc) is 2.73. The van der Waals surface area contributed by atoms with Gasteiger partial charge in [0.15, 0.2) is 0 Å². The van der Waals surface area contributed by atoms with E-state index in [0.717, 1.165) is 11.4 Å². The maximum Gasteiger partial charge on any atom is 0.222 e. The fourth-order valence-corrected chi connectivity index (χ4v) is 3.34. The van der Waals surface area contributed by atoms with Crippen molar-refractivity contribution in [1.29, 1.82) is 5.26 Å². The second-order valence-electron chi connectivity index (χ2n) is 6.22. The van der Waals surface area contributed by atoms with Crippen LogP contribution in [-0.4, -0.2) is 9.97 Å². The number of nitriles is 1. The van der Waals surface area contributed by atoms with E-state index >= 15 is 0 Å². The SMILES string of the molecule is N#Cc1c(Nc2ccccc2)c(Cl)c2nc(N)nc(N)c2c1Nc1ccccc1. The third kappa shape index (κ3) is 3.45. The van der Waals surface area contributed by atoms with Gasteiger partial charge in [-0.05, 0) is 24.3 Å². The van der Waals surface area contributed by atoms with Crippen LogP contribution < -0.4 is 22.1 Å². The molecule has 3 aromatic carbocycles. The van der Waals surface area contributed by atoms with Crippen LogP contribution in [0.3, 0.4) is 0 Å². The van der Waals surface area contributed by atoms with E-state index in [4.69, 9.17) is 23.1 Å². The monoisotopic (exact) mass is 401 g/mol. The first-order valence-electron chi connectivity index (χ1n) is 8.71. The molecule has 142 valence electrons. The number of hydrogen-bond acceptors (Lipinski definition) is 7. The molecule has 0 amide bonds. The van der Waals surface area contributed by atoms with Crippen molar-refractivity contribution >= 4 is 57.0 Å². The van der Waals surface area contributed by atoms with Crippen molar-refractivity contribution in [3.63, 3.8) is 0 Å². The first-order valence-corrected chi connectivity index (χ1v) is 9.08. The molecule has 1 aromatic heterocycles. The van der Waals surface area contributed by atoms with E-state index in [1.54, 1.807) is 0 Å². The first kappa shape index (κ1) is 18.3. The van der Waals surface area contributed by atoms with Crippen molar-refractivity contribution < 1.29 is 0 Å². The van der Waals surface area contributed by atoms with Crippen LogP contribution in [0.2, 0.25) is 5.02 Å². The van der Waals surface area contributed by atoms with E-state index in [0.29, 0.717) is 22.3 Å². The van der Waals surface area contributed by atoms with Crippen molar-refractivity contribution in [3.05, 3.63) is 71.2 Å². The smallest absolute Gasteiger partial charge is 0.222 e. The summed E-state index contributed by atoms with van der Waals surface area (Å²) in [6.45, 7) is 0. The van der Waals surface area contributed by atoms with Crippen molar-refractivity contribution in [1.82, 2.24) is 9.97 Å². The molecule has 6 N–H and O–H groups in total. The summed E-state index contributed by atoms with van der Waals surface area (Å²) in [6.07, 6.45) is 0. The van der Waals surface area contributed by atoms with Crippen molar-refractivity contribution in [3.8, 4) is 6.07 Å². The number of anilines is 6. The second-order valence-corrected chi connectivity index (χ2v) is 6.60. The van der Waals surface area contributed by atoms with Crippen LogP contribution in [0.1, 0.15) is 5.56 Å². The zero-order valence-corrected chi connectivity index (χ0v) is 15.9. The topological polar surface area (TPSA) is 126 Å². The molecule has 1 heterocycles. The maximum atomic E-state index is 9.99. The van der Waals surface area contributed by atoms with Crippen LogP contribution in [0.5, 0.6) is 0 Å². The summed E-state index contributed by atoms with van der Waals surface area (Å²) in [5.74, 6) is 0.133. The number of benzene rings is 3. The number of fused-ring (bicyclic) bond motifs is 1. The van der Waals surface area contributed by atoms with Gasteiger partial charge in [-0.15, -0.1) is 0 Å². The molecule has 29 heavy (non-hydrogen) atoms. The van der Waals surface area contributed by atoms with Gasteiger partial charge in [0, 0.05) is 11.4 Å². The molecule has 0 aliphatic rings. The number of para-hydroxylation sites is 2. The predicted octanol–water partition coefficient (Wildman–Crippen LogP) is 4.81. The highest BCUT2D eigenvalue weighted by atomic mass is 35.5. The fraction of sp³-hybridized carbons (Fsp3) is 0. The standard InChI is InChI=1S/C21H16ClN7/c22-16-18(27-13-9-5-2-6-10-13)14(11-23)17(26-12-7-3-1-4-8-12)15-19(16)28-21(25)29-20(15)24/h1-10,26-27H,(H4,24,25,28,29). The van der Waals surface area contributed by atoms with Crippen LogP contribution in [0.15, 0.2) is 60.7 Å². The van der Waals surface area contributed by atoms with Gasteiger partial charge < -0.3 is 22.1 Å². The summed E-state index contributed by atoms with van der Waals surface area (Å²) >= 11 is 6.65. The molecule has 0 aliphatic carbocycles. The Bertz CT molecular complexity index is 1240. The number of halogens is 1. The number of nitrogens with one attached hydrogen (secondary N) is 2. The van der Waals surface area contributed by atoms with Gasteiger partial charge in [0.25, 0.3) is 0 Å². The molecular weight excluding hydrogens is 386 g/mol. The zero-order valence-electron chi connectivity index (χ0n) is 15.1. The highest BCUT2D eigenvalue weighted by Crippen LogP contribution is 2.44. The fourth-order valence-electron chi connectivity index (χ4n) is 3.07. The van der Waals surface area contributed by atoms with E-state index in [1.807, 2.05) is 60.7 Å². The number of nitrogens with zero attached hydrogens (tertiary/aromatic N) is 3. The Balaban J connectivity index is 2.02. The Hall–Kier alpha value is -4.02. The van der Waals surface area contributed by atoms with Crippen LogP contribution in [0.25, 0.3) is 10.9 Å². The zero-order chi connectivity index (χ0) is 20.4. The number of rotatable bonds is 4. The molecule has 4 aromatic rings. The van der Waals surface area contributed by atoms with E-state index in [1.165, 1.54) is 0 Å². The number of nitrogens with two attached hydrogens (primary N) is 2. The van der Waals surface area contributed by atoms with Gasteiger partial charge in [-0.25, -0.2) is 4.98 Å². The molecule has 4 rings (SSSR count). The minimum Gasteiger partial charge on any atom is -0.383 e. The lowest BCUT2D eigenvalue weighted by atomic mass is 10.0. The Morgan fingerprint density at radius 2 is 1.38 bits per heavy atom. The molecule has 0 bridgehead atoms. The Kier molecular flexibility index (Phi) is 4.77. The summed E-state index contributed by atoms with van der Waals surface area (Å²) in [4.78, 5) is 8.33. The Labute approximate surface area is 172 Å². The predicted molar refractivity (Wildman–Crippen MR) is 118 cm³/mol. The number of hydrogen-bond donors (Lipinski definition) is 4. The lowest BCUT2D eigenvalue weighted by Gasteiger charge is -2.19. The quantitative estimate of drug-likeness (QED) is 0.386. The molecule has 0 unspecified atom stereocenters. The van der Waals surface area contributed by atoms with Crippen LogP contribution in [0.4, 0.5) is 34.5 Å². The van der Waals surface area contributed by atoms with Gasteiger partial charge >= 0.3 is 0 Å². The van der Waals surface area contributed by atoms with Crippen LogP contribution in [0, 0.1) is 11.3 Å². The normalized spacial score (nSPS) is 10.5. The molecule has 0 spiro atoms. The van der Waals surface area contributed by atoms with Crippen molar-refractivity contribution in [2.24, 2.45) is 0 Å². The van der Waals surface area contributed by atoms with Gasteiger partial charge in [-0.3, -0.25) is 0 Å². The molecule has 7 nitrogen and oxygen atoms in total. The summed E-state index contributed by atoms with van der Waals surface area (Å²) < 4.78 is 0. The number of nitrogen functional groups attached to an aromatic ring is 2. The van der Waals surface area contributed by atoms with Gasteiger partial charge in [-0.2, -0.15) is 10.2 Å². The van der Waals surface area contributed by atoms with E-state index in [-0.39, 0.29) is 22.4 Å². The number of aromatic nitrogens is 2. The van der Waals surface area contributed by atoms with Gasteiger partial charge in [-0.1, -0.05) is 48.0 Å². The van der Waals surface area contributed by atoms with E-state index in [2.05, 4.69) is 26.7 Å². The molecule has 8 heteroatoms. The van der Waals surface area contributed by atoms with Crippen molar-refractivity contribution in [2.75, 3.05) is 22.1 Å². The lowest BCUT2D eigenvalue weighted by molar-refractivity contribution is 1.24. The van der Waals surface area contributed by atoms with E-state index in [9.17, 15) is 5.26 Å². The Morgan fingerprint density at radius 3 is 1.93 bits per heavy atom. The minimum atomic E-state index is -0.00192. The second kappa shape index (κ2) is 7.54. The van der Waals surface area contributed by atoms with Crippen LogP contribution >= 0.6 is 11.6 Å². The lowest BCUT2D eigenvalue weighted by Crippen LogP contribution is -2.07. The molecule has 0 saturated carbocycles. The van der Waals surface area contributed by atoms with Gasteiger partial charge in [0.1, 0.15) is 23.0 Å². The largest absolute Gasteiger partial charge is 0.383 e. The summed E-state index contributed by atoms with van der Waals surface area (Å²) in [7, 11) is 0. The molecule has 0 aliphatic heterocycles. The molecule has 0 fully saturated rings. The summed E-state index contributed by atoms with van der Waals surface area (Å²) in [5, 5.41) is 17.1. The molecule has 0 saturated heterocycles. The van der Waals surface area contributed by atoms with Crippen molar-refractivity contribution in [2.45, 2.75) is 0 Å². The minimum absolute atomic E-state index is 0.00192. The highest BCUT2D eigenvalue weighted by Gasteiger charge is 2.23. The van der Waals surface area contributed by atoms with Gasteiger partial charge in [0.05, 0.1) is 21.8 Å². The molecule has 0 radical (unpaired) electrons. The summed E-state index contributed by atoms with van der Waals surface area (Å²) in [6, 6.07) is 21.0. The highest BCUT2D eigenvalue weighted by molar-refractivity contribution is 6.39. The van der Waals surface area contributed by atoms with Gasteiger partial charge in [0.2, 0.25) is 5.95 Å². The van der Waals surface area contributed by atoms with Crippen LogP contribution in [-0.2, 0) is 0 Å². The third-order valence-corrected chi connectivity index (χ3v) is 4.70. The van der Waals surface area contributed by atoms with E-state index < -0.39 is 0 Å². The average molecular weight is 402 g/mol. The maximum absolute atomic E-state index is 9.99. The molecule has 0 atom stereocenters. The first-order chi connectivity index (χ1) is 14.1. The third-order valence-electron chi connectivity index (χ3n) is 4.33. The summed E-state index contributed by atoms with van der Waals surface area (Å²) in [5.41, 5.74) is 15.0.